The van der Waals surface area contributed by atoms with Crippen molar-refractivity contribution >= 4 is 17.1 Å². The predicted octanol–water partition coefficient (Wildman–Crippen LogP) is 16.2. The molecule has 0 saturated heterocycles. The van der Waals surface area contributed by atoms with Gasteiger partial charge in [0.2, 0.25) is 0 Å². The summed E-state index contributed by atoms with van der Waals surface area (Å²) in [4.78, 5) is 2.35. The molecule has 0 fully saturated rings. The van der Waals surface area contributed by atoms with Crippen molar-refractivity contribution in [2.24, 2.45) is 0 Å². The predicted molar refractivity (Wildman–Crippen MR) is 261 cm³/mol. The van der Waals surface area contributed by atoms with Gasteiger partial charge in [-0.05, 0) is 103 Å². The van der Waals surface area contributed by atoms with Crippen molar-refractivity contribution in [3.05, 3.63) is 295 Å². The molecule has 0 radical (unpaired) electrons. The van der Waals surface area contributed by atoms with Gasteiger partial charge in [-0.3, -0.25) is 0 Å². The summed E-state index contributed by atoms with van der Waals surface area (Å²) in [6, 6.07) is 98.6. The quantitative estimate of drug-likeness (QED) is 0.118. The Kier molecular flexibility index (Phi) is 10.7. The first kappa shape index (κ1) is 38.2. The van der Waals surface area contributed by atoms with E-state index in [4.69, 9.17) is 0 Å². The van der Waals surface area contributed by atoms with E-state index in [1.165, 1.54) is 66.8 Å². The molecule has 1 heteroatoms. The summed E-state index contributed by atoms with van der Waals surface area (Å²) in [5, 5.41) is 0. The van der Waals surface area contributed by atoms with Crippen LogP contribution in [-0.4, -0.2) is 0 Å². The normalized spacial score (nSPS) is 11.2. The molecule has 0 spiro atoms. The van der Waals surface area contributed by atoms with Gasteiger partial charge in [-0.25, -0.2) is 0 Å². The van der Waals surface area contributed by atoms with Crippen LogP contribution in [0.3, 0.4) is 0 Å². The lowest BCUT2D eigenvalue weighted by molar-refractivity contribution is 0.745. The third kappa shape index (κ3) is 7.53. The van der Waals surface area contributed by atoms with Crippen LogP contribution in [0.15, 0.2) is 273 Å². The Bertz CT molecular complexity index is 2870. The van der Waals surface area contributed by atoms with Crippen molar-refractivity contribution in [2.75, 3.05) is 4.90 Å². The van der Waals surface area contributed by atoms with Gasteiger partial charge in [0.05, 0.1) is 5.41 Å². The fourth-order valence-electron chi connectivity index (χ4n) is 8.95. The Morgan fingerprint density at radius 1 is 0.177 bits per heavy atom. The molecular formula is C61H45N. The molecule has 0 aliphatic heterocycles. The summed E-state index contributed by atoms with van der Waals surface area (Å²) in [5.74, 6) is 0. The second kappa shape index (κ2) is 17.3. The van der Waals surface area contributed by atoms with Gasteiger partial charge < -0.3 is 4.90 Å². The maximum absolute atomic E-state index is 2.35. The maximum Gasteiger partial charge on any atom is 0.0701 e. The van der Waals surface area contributed by atoms with E-state index in [0.717, 1.165) is 17.1 Å². The molecule has 10 rings (SSSR count). The number of hydrogen-bond acceptors (Lipinski definition) is 1. The lowest BCUT2D eigenvalue weighted by Crippen LogP contribution is -2.30. The minimum Gasteiger partial charge on any atom is -0.311 e. The number of nitrogens with zero attached hydrogens (tertiary/aromatic N) is 1. The van der Waals surface area contributed by atoms with E-state index in [0.29, 0.717) is 0 Å². The first-order chi connectivity index (χ1) is 30.7. The van der Waals surface area contributed by atoms with Gasteiger partial charge >= 0.3 is 0 Å². The Labute approximate surface area is 365 Å². The molecule has 0 heterocycles. The van der Waals surface area contributed by atoms with E-state index in [2.05, 4.69) is 278 Å². The highest BCUT2D eigenvalue weighted by molar-refractivity contribution is 5.81. The van der Waals surface area contributed by atoms with Crippen LogP contribution in [0.1, 0.15) is 22.3 Å². The van der Waals surface area contributed by atoms with Gasteiger partial charge in [-0.15, -0.1) is 0 Å². The van der Waals surface area contributed by atoms with Gasteiger partial charge in [0.25, 0.3) is 0 Å². The fourth-order valence-corrected chi connectivity index (χ4v) is 8.95. The van der Waals surface area contributed by atoms with Gasteiger partial charge in [0.1, 0.15) is 0 Å². The van der Waals surface area contributed by atoms with Gasteiger partial charge in [-0.2, -0.15) is 0 Å². The van der Waals surface area contributed by atoms with Gasteiger partial charge in [0, 0.05) is 17.1 Å². The van der Waals surface area contributed by atoms with Crippen molar-refractivity contribution in [3.8, 4) is 44.5 Å². The molecule has 0 atom stereocenters. The van der Waals surface area contributed by atoms with Crippen LogP contribution in [0, 0.1) is 0 Å². The Morgan fingerprint density at radius 3 is 0.645 bits per heavy atom. The zero-order chi connectivity index (χ0) is 41.6. The maximum atomic E-state index is 2.35. The summed E-state index contributed by atoms with van der Waals surface area (Å²) >= 11 is 0. The zero-order valence-electron chi connectivity index (χ0n) is 34.4. The summed E-state index contributed by atoms with van der Waals surface area (Å²) in [6.45, 7) is 0. The van der Waals surface area contributed by atoms with Crippen LogP contribution >= 0.6 is 0 Å². The third-order valence-corrected chi connectivity index (χ3v) is 12.1. The highest BCUT2D eigenvalue weighted by Crippen LogP contribution is 2.46. The molecule has 0 amide bonds. The van der Waals surface area contributed by atoms with Crippen molar-refractivity contribution in [2.45, 2.75) is 5.41 Å². The van der Waals surface area contributed by atoms with E-state index in [-0.39, 0.29) is 0 Å². The molecule has 62 heavy (non-hydrogen) atoms. The number of rotatable bonds is 11. The third-order valence-electron chi connectivity index (χ3n) is 12.1. The fraction of sp³-hybridized carbons (Fsp3) is 0.0164. The van der Waals surface area contributed by atoms with Crippen molar-refractivity contribution in [1.29, 1.82) is 0 Å². The number of hydrogen-bond donors (Lipinski definition) is 0. The molecule has 0 aliphatic carbocycles. The molecule has 0 unspecified atom stereocenters. The topological polar surface area (TPSA) is 3.24 Å². The Morgan fingerprint density at radius 2 is 0.371 bits per heavy atom. The van der Waals surface area contributed by atoms with E-state index < -0.39 is 5.41 Å². The summed E-state index contributed by atoms with van der Waals surface area (Å²) in [5.41, 5.74) is 17.3. The monoisotopic (exact) mass is 791 g/mol. The molecule has 0 aliphatic rings. The first-order valence-electron chi connectivity index (χ1n) is 21.3. The molecule has 1 nitrogen and oxygen atoms in total. The van der Waals surface area contributed by atoms with E-state index in [1.54, 1.807) is 0 Å². The average molecular weight is 792 g/mol. The lowest BCUT2D eigenvalue weighted by atomic mass is 9.65. The smallest absolute Gasteiger partial charge is 0.0701 e. The standard InChI is InChI=1S/C61H45N/c1-6-16-46(17-7-1)48-26-28-49(29-27-48)52-34-42-59(43-35-52)62(58-40-32-51(33-41-58)47-18-8-2-9-19-47)60-44-36-53(37-45-60)50-30-38-57(39-31-50)61(54-20-10-3-11-21-54,55-22-12-4-13-23-55)56-24-14-5-15-25-56/h1-45H. The molecule has 0 aromatic heterocycles. The van der Waals surface area contributed by atoms with Crippen LogP contribution in [0.4, 0.5) is 17.1 Å². The van der Waals surface area contributed by atoms with Crippen LogP contribution in [0.25, 0.3) is 44.5 Å². The molecule has 0 bridgehead atoms. The number of benzene rings is 10. The van der Waals surface area contributed by atoms with Crippen LogP contribution < -0.4 is 4.90 Å². The highest BCUT2D eigenvalue weighted by Gasteiger charge is 2.38. The molecular weight excluding hydrogens is 747 g/mol. The van der Waals surface area contributed by atoms with Crippen LogP contribution in [-0.2, 0) is 5.41 Å². The molecule has 0 saturated carbocycles. The number of anilines is 3. The first-order valence-corrected chi connectivity index (χ1v) is 21.3. The van der Waals surface area contributed by atoms with Crippen LogP contribution in [0.5, 0.6) is 0 Å². The van der Waals surface area contributed by atoms with Crippen molar-refractivity contribution < 1.29 is 0 Å². The molecule has 294 valence electrons. The summed E-state index contributed by atoms with van der Waals surface area (Å²) in [6.07, 6.45) is 0. The van der Waals surface area contributed by atoms with Gasteiger partial charge in [0.15, 0.2) is 0 Å². The summed E-state index contributed by atoms with van der Waals surface area (Å²) < 4.78 is 0. The second-order valence-electron chi connectivity index (χ2n) is 15.7. The Hall–Kier alpha value is -8.00. The van der Waals surface area contributed by atoms with E-state index in [1.807, 2.05) is 0 Å². The summed E-state index contributed by atoms with van der Waals surface area (Å²) in [7, 11) is 0. The van der Waals surface area contributed by atoms with Crippen LogP contribution in [0.2, 0.25) is 0 Å². The average Bonchev–Trinajstić information content (AvgIpc) is 3.37. The zero-order valence-corrected chi connectivity index (χ0v) is 34.4. The molecule has 0 N–H and O–H groups in total. The van der Waals surface area contributed by atoms with E-state index in [9.17, 15) is 0 Å². The highest BCUT2D eigenvalue weighted by atomic mass is 15.1. The second-order valence-corrected chi connectivity index (χ2v) is 15.7. The SMILES string of the molecule is c1ccc(-c2ccc(-c3ccc(N(c4ccc(-c5ccccc5)cc4)c4ccc(-c5ccc(C(c6ccccc6)(c6ccccc6)c6ccccc6)cc5)cc4)cc3)cc2)cc1. The molecule has 10 aromatic rings. The molecule has 10 aromatic carbocycles. The lowest BCUT2D eigenvalue weighted by Gasteiger charge is -2.37. The van der Waals surface area contributed by atoms with E-state index >= 15 is 0 Å². The Balaban J connectivity index is 0.990. The minimum absolute atomic E-state index is 0.482. The van der Waals surface area contributed by atoms with Crippen molar-refractivity contribution in [3.63, 3.8) is 0 Å². The van der Waals surface area contributed by atoms with Crippen molar-refractivity contribution in [1.82, 2.24) is 0 Å². The largest absolute Gasteiger partial charge is 0.311 e. The van der Waals surface area contributed by atoms with Gasteiger partial charge in [-0.1, -0.05) is 237 Å². The minimum atomic E-state index is -0.482.